The van der Waals surface area contributed by atoms with E-state index in [-0.39, 0.29) is 11.9 Å². The molecule has 2 aromatic rings. The van der Waals surface area contributed by atoms with Crippen LogP contribution in [0.25, 0.3) is 6.08 Å². The van der Waals surface area contributed by atoms with Crippen LogP contribution in [0.2, 0.25) is 0 Å². The maximum atomic E-state index is 12.8. The van der Waals surface area contributed by atoms with Gasteiger partial charge in [-0.25, -0.2) is 9.79 Å². The SMILES string of the molecule is CCOC(=O)c1ccc(N=C2S/C(=C\c3cc(OCC)c(OC)cc3Br)C(=O)N2C)cc1. The summed E-state index contributed by atoms with van der Waals surface area (Å²) >= 11 is 4.81. The van der Waals surface area contributed by atoms with E-state index in [4.69, 9.17) is 14.2 Å². The Balaban J connectivity index is 1.86. The molecule has 0 N–H and O–H groups in total. The summed E-state index contributed by atoms with van der Waals surface area (Å²) < 4.78 is 16.8. The largest absolute Gasteiger partial charge is 0.493 e. The van der Waals surface area contributed by atoms with Gasteiger partial charge in [0.25, 0.3) is 5.91 Å². The molecule has 0 saturated carbocycles. The minimum absolute atomic E-state index is 0.155. The number of methoxy groups -OCH3 is 1. The standard InChI is InChI=1S/C23H23BrN2O5S/c1-5-30-19-11-15(17(24)13-18(19)29-4)12-20-21(27)26(3)23(32-20)25-16-9-7-14(8-10-16)22(28)31-6-2/h7-13H,5-6H2,1-4H3/b20-12-,25-23?. The predicted octanol–water partition coefficient (Wildman–Crippen LogP) is 5.27. The van der Waals surface area contributed by atoms with Crippen molar-refractivity contribution in [3.8, 4) is 11.5 Å². The highest BCUT2D eigenvalue weighted by atomic mass is 79.9. The van der Waals surface area contributed by atoms with E-state index in [0.717, 1.165) is 10.0 Å². The molecule has 7 nitrogen and oxygen atoms in total. The van der Waals surface area contributed by atoms with Crippen LogP contribution in [-0.2, 0) is 9.53 Å². The molecule has 1 fully saturated rings. The molecule has 1 heterocycles. The first-order valence-electron chi connectivity index (χ1n) is 9.91. The molecule has 168 valence electrons. The van der Waals surface area contributed by atoms with Crippen molar-refractivity contribution in [3.63, 3.8) is 0 Å². The average molecular weight is 519 g/mol. The molecule has 1 saturated heterocycles. The van der Waals surface area contributed by atoms with E-state index in [9.17, 15) is 9.59 Å². The molecule has 32 heavy (non-hydrogen) atoms. The second-order valence-electron chi connectivity index (χ2n) is 6.59. The zero-order valence-corrected chi connectivity index (χ0v) is 20.6. The number of carbonyl (C=O) groups excluding carboxylic acids is 2. The first-order chi connectivity index (χ1) is 15.4. The van der Waals surface area contributed by atoms with Crippen LogP contribution in [-0.4, -0.2) is 49.3 Å². The summed E-state index contributed by atoms with van der Waals surface area (Å²) in [6.07, 6.45) is 1.79. The number of benzene rings is 2. The summed E-state index contributed by atoms with van der Waals surface area (Å²) in [7, 11) is 3.26. The van der Waals surface area contributed by atoms with Crippen molar-refractivity contribution < 1.29 is 23.8 Å². The van der Waals surface area contributed by atoms with Gasteiger partial charge in [-0.15, -0.1) is 0 Å². The highest BCUT2D eigenvalue weighted by molar-refractivity contribution is 9.10. The molecular weight excluding hydrogens is 496 g/mol. The van der Waals surface area contributed by atoms with Gasteiger partial charge in [0.15, 0.2) is 16.7 Å². The Morgan fingerprint density at radius 3 is 2.50 bits per heavy atom. The van der Waals surface area contributed by atoms with E-state index >= 15 is 0 Å². The number of rotatable bonds is 7. The van der Waals surface area contributed by atoms with Crippen LogP contribution in [0.5, 0.6) is 11.5 Å². The van der Waals surface area contributed by atoms with Gasteiger partial charge in [0.05, 0.1) is 36.5 Å². The Bertz CT molecular complexity index is 1080. The second-order valence-corrected chi connectivity index (χ2v) is 8.46. The summed E-state index contributed by atoms with van der Waals surface area (Å²) in [4.78, 5) is 31.2. The number of hydrogen-bond acceptors (Lipinski definition) is 7. The molecular formula is C23H23BrN2O5S. The van der Waals surface area contributed by atoms with E-state index < -0.39 is 0 Å². The number of amides is 1. The Hall–Kier alpha value is -2.78. The number of hydrogen-bond donors (Lipinski definition) is 0. The Morgan fingerprint density at radius 1 is 1.16 bits per heavy atom. The fourth-order valence-electron chi connectivity index (χ4n) is 2.88. The maximum Gasteiger partial charge on any atom is 0.338 e. The van der Waals surface area contributed by atoms with Crippen molar-refractivity contribution in [2.75, 3.05) is 27.4 Å². The Labute approximate surface area is 199 Å². The molecule has 2 aromatic carbocycles. The number of aliphatic imine (C=N–C) groups is 1. The molecule has 0 aliphatic carbocycles. The van der Waals surface area contributed by atoms with Crippen molar-refractivity contribution in [2.45, 2.75) is 13.8 Å². The molecule has 1 aliphatic rings. The maximum absolute atomic E-state index is 12.8. The number of likely N-dealkylation sites (N-methyl/N-ethyl adjacent to an activating group) is 1. The smallest absolute Gasteiger partial charge is 0.338 e. The lowest BCUT2D eigenvalue weighted by atomic mass is 10.2. The molecule has 0 bridgehead atoms. The van der Waals surface area contributed by atoms with Crippen molar-refractivity contribution in [2.24, 2.45) is 4.99 Å². The number of ether oxygens (including phenoxy) is 3. The van der Waals surface area contributed by atoms with Gasteiger partial charge in [0, 0.05) is 11.5 Å². The highest BCUT2D eigenvalue weighted by Gasteiger charge is 2.30. The number of nitrogens with zero attached hydrogens (tertiary/aromatic N) is 2. The monoisotopic (exact) mass is 518 g/mol. The van der Waals surface area contributed by atoms with Crippen LogP contribution in [0, 0.1) is 0 Å². The summed E-state index contributed by atoms with van der Waals surface area (Å²) in [5.41, 5.74) is 1.87. The number of halogens is 1. The number of thioether (sulfide) groups is 1. The van der Waals surface area contributed by atoms with E-state index in [2.05, 4.69) is 20.9 Å². The Morgan fingerprint density at radius 2 is 1.88 bits per heavy atom. The molecule has 0 spiro atoms. The molecule has 0 atom stereocenters. The zero-order valence-electron chi connectivity index (χ0n) is 18.2. The topological polar surface area (TPSA) is 77.4 Å². The summed E-state index contributed by atoms with van der Waals surface area (Å²) in [5, 5.41) is 0.541. The highest BCUT2D eigenvalue weighted by Crippen LogP contribution is 2.38. The lowest BCUT2D eigenvalue weighted by Gasteiger charge is -2.11. The van der Waals surface area contributed by atoms with E-state index in [1.54, 1.807) is 51.4 Å². The van der Waals surface area contributed by atoms with Gasteiger partial charge in [-0.2, -0.15) is 0 Å². The molecule has 0 radical (unpaired) electrons. The quantitative estimate of drug-likeness (QED) is 0.367. The third kappa shape index (κ3) is 5.34. The van der Waals surface area contributed by atoms with Gasteiger partial charge in [-0.1, -0.05) is 15.9 Å². The van der Waals surface area contributed by atoms with Crippen molar-refractivity contribution in [1.82, 2.24) is 4.90 Å². The first-order valence-corrected chi connectivity index (χ1v) is 11.5. The number of carbonyl (C=O) groups is 2. The van der Waals surface area contributed by atoms with Gasteiger partial charge in [-0.05, 0) is 73.6 Å². The molecule has 3 rings (SSSR count). The molecule has 9 heteroatoms. The third-order valence-corrected chi connectivity index (χ3v) is 6.22. The van der Waals surface area contributed by atoms with Crippen molar-refractivity contribution >= 4 is 56.5 Å². The molecule has 1 aliphatic heterocycles. The van der Waals surface area contributed by atoms with E-state index in [1.165, 1.54) is 16.7 Å². The van der Waals surface area contributed by atoms with E-state index in [0.29, 0.717) is 46.0 Å². The summed E-state index contributed by atoms with van der Waals surface area (Å²) in [6, 6.07) is 10.4. The molecule has 1 amide bonds. The van der Waals surface area contributed by atoms with Crippen molar-refractivity contribution in [1.29, 1.82) is 0 Å². The first kappa shape index (κ1) is 23.9. The average Bonchev–Trinajstić information content (AvgIpc) is 3.04. The zero-order chi connectivity index (χ0) is 23.3. The van der Waals surface area contributed by atoms with Gasteiger partial charge >= 0.3 is 5.97 Å². The minimum Gasteiger partial charge on any atom is -0.493 e. The minimum atomic E-state index is -0.379. The van der Waals surface area contributed by atoms with Gasteiger partial charge in [-0.3, -0.25) is 9.69 Å². The third-order valence-electron chi connectivity index (χ3n) is 4.48. The predicted molar refractivity (Wildman–Crippen MR) is 130 cm³/mol. The van der Waals surface area contributed by atoms with Gasteiger partial charge in [0.1, 0.15) is 0 Å². The van der Waals surface area contributed by atoms with Gasteiger partial charge in [0.2, 0.25) is 0 Å². The van der Waals surface area contributed by atoms with E-state index in [1.807, 2.05) is 19.1 Å². The second kappa shape index (κ2) is 10.7. The lowest BCUT2D eigenvalue weighted by molar-refractivity contribution is -0.121. The normalized spacial score (nSPS) is 16.0. The van der Waals surface area contributed by atoms with Crippen LogP contribution >= 0.6 is 27.7 Å². The lowest BCUT2D eigenvalue weighted by Crippen LogP contribution is -2.23. The van der Waals surface area contributed by atoms with Crippen LogP contribution in [0.3, 0.4) is 0 Å². The summed E-state index contributed by atoms with van der Waals surface area (Å²) in [5.74, 6) is 0.676. The Kier molecular flexibility index (Phi) is 7.98. The molecule has 0 unspecified atom stereocenters. The van der Waals surface area contributed by atoms with Gasteiger partial charge < -0.3 is 14.2 Å². The molecule has 0 aromatic heterocycles. The fourth-order valence-corrected chi connectivity index (χ4v) is 4.29. The van der Waals surface area contributed by atoms with Crippen LogP contribution in [0.1, 0.15) is 29.8 Å². The van der Waals surface area contributed by atoms with Crippen LogP contribution in [0.15, 0.2) is 50.8 Å². The van der Waals surface area contributed by atoms with Crippen LogP contribution < -0.4 is 9.47 Å². The van der Waals surface area contributed by atoms with Crippen LogP contribution in [0.4, 0.5) is 5.69 Å². The van der Waals surface area contributed by atoms with Crippen molar-refractivity contribution in [3.05, 3.63) is 56.9 Å². The summed E-state index contributed by atoms with van der Waals surface area (Å²) in [6.45, 7) is 4.47. The number of amidine groups is 1. The number of esters is 1. The fraction of sp³-hybridized carbons (Fsp3) is 0.261.